The number of phenolic OH excluding ortho intramolecular Hbond substituents is 1. The van der Waals surface area contributed by atoms with Crippen molar-refractivity contribution in [2.45, 2.75) is 31.0 Å². The van der Waals surface area contributed by atoms with Crippen LogP contribution in [0.2, 0.25) is 0 Å². The van der Waals surface area contributed by atoms with Crippen LogP contribution in [0.3, 0.4) is 0 Å². The van der Waals surface area contributed by atoms with Crippen LogP contribution in [0, 0.1) is 0 Å². The van der Waals surface area contributed by atoms with Crippen molar-refractivity contribution in [2.24, 2.45) is 4.99 Å². The molecule has 4 rings (SSSR count). The molecular weight excluding hydrogens is 459 g/mol. The van der Waals surface area contributed by atoms with Crippen molar-refractivity contribution in [1.29, 1.82) is 0 Å². The fraction of sp³-hybridized carbons (Fsp3) is 0.364. The monoisotopic (exact) mass is 481 g/mol. The van der Waals surface area contributed by atoms with Crippen LogP contribution in [0.25, 0.3) is 0 Å². The van der Waals surface area contributed by atoms with E-state index in [2.05, 4.69) is 10.3 Å². The molecule has 0 aromatic heterocycles. The average molecular weight is 481 g/mol. The molecule has 0 aliphatic carbocycles. The van der Waals surface area contributed by atoms with Crippen molar-refractivity contribution in [3.05, 3.63) is 65.2 Å². The van der Waals surface area contributed by atoms with Crippen molar-refractivity contribution in [3.63, 3.8) is 0 Å². The summed E-state index contributed by atoms with van der Waals surface area (Å²) in [6.45, 7) is 0.0704. The summed E-state index contributed by atoms with van der Waals surface area (Å²) >= 11 is 0. The van der Waals surface area contributed by atoms with Gasteiger partial charge in [-0.3, -0.25) is 9.79 Å². The molecule has 7 nitrogen and oxygen atoms in total. The van der Waals surface area contributed by atoms with Crippen molar-refractivity contribution in [2.75, 3.05) is 18.8 Å². The maximum absolute atomic E-state index is 13.2. The number of halogens is 3. The number of hydrogen-bond donors (Lipinski definition) is 2. The van der Waals surface area contributed by atoms with Gasteiger partial charge in [0.15, 0.2) is 0 Å². The Morgan fingerprint density at radius 1 is 1.09 bits per heavy atom. The lowest BCUT2D eigenvalue weighted by Gasteiger charge is -2.34. The Labute approximate surface area is 189 Å². The van der Waals surface area contributed by atoms with Crippen LogP contribution < -0.4 is 5.32 Å². The molecule has 2 N–H and O–H groups in total. The van der Waals surface area contributed by atoms with Crippen molar-refractivity contribution >= 4 is 21.8 Å². The summed E-state index contributed by atoms with van der Waals surface area (Å²) in [7, 11) is -3.83. The fourth-order valence-electron chi connectivity index (χ4n) is 4.16. The van der Waals surface area contributed by atoms with E-state index in [1.807, 2.05) is 0 Å². The van der Waals surface area contributed by atoms with Gasteiger partial charge in [0.05, 0.1) is 11.3 Å². The lowest BCUT2D eigenvalue weighted by Crippen LogP contribution is -2.50. The number of aryl methyl sites for hydroxylation is 1. The van der Waals surface area contributed by atoms with E-state index in [1.165, 1.54) is 34.6 Å². The van der Waals surface area contributed by atoms with E-state index in [1.54, 1.807) is 12.1 Å². The maximum atomic E-state index is 13.2. The number of alkyl halides is 3. The van der Waals surface area contributed by atoms with Crippen LogP contribution in [0.4, 0.5) is 13.2 Å². The Kier molecular flexibility index (Phi) is 5.95. The minimum atomic E-state index is -4.56. The Morgan fingerprint density at radius 3 is 2.45 bits per heavy atom. The van der Waals surface area contributed by atoms with Gasteiger partial charge in [-0.1, -0.05) is 30.3 Å². The summed E-state index contributed by atoms with van der Waals surface area (Å²) in [6, 6.07) is 11.2. The van der Waals surface area contributed by atoms with Crippen LogP contribution in [-0.2, 0) is 27.4 Å². The SMILES string of the molecule is O=C1NC(c2cccc(O)c2)=NC12CCN(S(=O)(=O)CCc1ccccc1C(F)(F)F)CC2. The highest BCUT2D eigenvalue weighted by Gasteiger charge is 2.47. The first-order chi connectivity index (χ1) is 15.5. The number of rotatable bonds is 5. The molecule has 0 atom stereocenters. The molecule has 176 valence electrons. The number of hydrogen-bond acceptors (Lipinski definition) is 5. The second-order valence-electron chi connectivity index (χ2n) is 8.12. The zero-order valence-corrected chi connectivity index (χ0v) is 18.3. The molecule has 0 saturated carbocycles. The molecule has 0 radical (unpaired) electrons. The first-order valence-electron chi connectivity index (χ1n) is 10.3. The van der Waals surface area contributed by atoms with Crippen LogP contribution in [-0.4, -0.2) is 54.0 Å². The molecule has 11 heteroatoms. The summed E-state index contributed by atoms with van der Waals surface area (Å²) in [6.07, 6.45) is -4.52. The van der Waals surface area contributed by atoms with E-state index in [0.29, 0.717) is 11.4 Å². The molecule has 0 bridgehead atoms. The molecule has 1 saturated heterocycles. The van der Waals surface area contributed by atoms with Gasteiger partial charge in [-0.25, -0.2) is 12.7 Å². The molecule has 1 amide bonds. The summed E-state index contributed by atoms with van der Waals surface area (Å²) in [4.78, 5) is 17.2. The average Bonchev–Trinajstić information content (AvgIpc) is 3.08. The van der Waals surface area contributed by atoms with E-state index in [-0.39, 0.29) is 49.6 Å². The van der Waals surface area contributed by atoms with Gasteiger partial charge in [0.25, 0.3) is 5.91 Å². The topological polar surface area (TPSA) is 99.1 Å². The molecule has 1 spiro atoms. The second-order valence-corrected chi connectivity index (χ2v) is 10.2. The molecule has 1 fully saturated rings. The Morgan fingerprint density at radius 2 is 1.79 bits per heavy atom. The number of sulfonamides is 1. The lowest BCUT2D eigenvalue weighted by atomic mass is 9.89. The van der Waals surface area contributed by atoms with Gasteiger partial charge >= 0.3 is 6.18 Å². The molecule has 2 aromatic rings. The number of amidine groups is 1. The summed E-state index contributed by atoms with van der Waals surface area (Å²) in [5, 5.41) is 12.4. The maximum Gasteiger partial charge on any atom is 0.416 e. The lowest BCUT2D eigenvalue weighted by molar-refractivity contribution is -0.138. The number of nitrogens with zero attached hydrogens (tertiary/aromatic N) is 2. The number of aliphatic imine (C=N–C) groups is 1. The minimum absolute atomic E-state index is 0.0263. The highest BCUT2D eigenvalue weighted by Crippen LogP contribution is 2.34. The van der Waals surface area contributed by atoms with Crippen LogP contribution in [0.5, 0.6) is 5.75 Å². The highest BCUT2D eigenvalue weighted by molar-refractivity contribution is 7.89. The van der Waals surface area contributed by atoms with E-state index < -0.39 is 33.1 Å². The standard InChI is InChI=1S/C22H22F3N3O4S/c23-22(24,25)18-7-2-1-4-15(18)8-13-33(31,32)28-11-9-21(10-12-28)20(30)26-19(27-21)16-5-3-6-17(29)14-16/h1-7,14,29H,8-13H2,(H,26,27,30). The van der Waals surface area contributed by atoms with Gasteiger partial charge in [0.2, 0.25) is 10.0 Å². The minimum Gasteiger partial charge on any atom is -0.508 e. The Bertz CT molecular complexity index is 1200. The quantitative estimate of drug-likeness (QED) is 0.686. The summed E-state index contributed by atoms with van der Waals surface area (Å²) < 4.78 is 66.4. The largest absolute Gasteiger partial charge is 0.508 e. The number of benzene rings is 2. The smallest absolute Gasteiger partial charge is 0.416 e. The molecule has 33 heavy (non-hydrogen) atoms. The van der Waals surface area contributed by atoms with Gasteiger partial charge in [-0.15, -0.1) is 0 Å². The zero-order chi connectivity index (χ0) is 23.9. The predicted molar refractivity (Wildman–Crippen MR) is 115 cm³/mol. The van der Waals surface area contributed by atoms with Gasteiger partial charge in [0, 0.05) is 18.7 Å². The van der Waals surface area contributed by atoms with Crippen molar-refractivity contribution in [3.8, 4) is 5.75 Å². The number of phenols is 1. The summed E-state index contributed by atoms with van der Waals surface area (Å²) in [5.74, 6) is -0.455. The van der Waals surface area contributed by atoms with Crippen LogP contribution in [0.1, 0.15) is 29.5 Å². The molecule has 2 aliphatic heterocycles. The molecular formula is C22H22F3N3O4S. The van der Waals surface area contributed by atoms with Gasteiger partial charge in [-0.2, -0.15) is 13.2 Å². The van der Waals surface area contributed by atoms with Crippen molar-refractivity contribution < 1.29 is 31.5 Å². The zero-order valence-electron chi connectivity index (χ0n) is 17.5. The number of piperidine rings is 1. The van der Waals surface area contributed by atoms with Crippen LogP contribution in [0.15, 0.2) is 53.5 Å². The van der Waals surface area contributed by atoms with Crippen molar-refractivity contribution in [1.82, 2.24) is 9.62 Å². The second kappa shape index (κ2) is 8.45. The number of carbonyl (C=O) groups excluding carboxylic acids is 1. The van der Waals surface area contributed by atoms with Gasteiger partial charge < -0.3 is 10.4 Å². The Balaban J connectivity index is 1.44. The van der Waals surface area contributed by atoms with E-state index in [0.717, 1.165) is 6.07 Å². The van der Waals surface area contributed by atoms with Crippen LogP contribution >= 0.6 is 0 Å². The first-order valence-corrected chi connectivity index (χ1v) is 11.9. The van der Waals surface area contributed by atoms with E-state index in [4.69, 9.17) is 0 Å². The third kappa shape index (κ3) is 4.74. The number of amides is 1. The molecule has 2 aromatic carbocycles. The third-order valence-corrected chi connectivity index (χ3v) is 7.87. The summed E-state index contributed by atoms with van der Waals surface area (Å²) in [5.41, 5.74) is -1.47. The van der Waals surface area contributed by atoms with Gasteiger partial charge in [0.1, 0.15) is 17.1 Å². The fourth-order valence-corrected chi connectivity index (χ4v) is 5.64. The van der Waals surface area contributed by atoms with E-state index >= 15 is 0 Å². The predicted octanol–water partition coefficient (Wildman–Crippen LogP) is 2.69. The molecule has 2 aliphatic rings. The normalized spacial score (nSPS) is 18.9. The van der Waals surface area contributed by atoms with Gasteiger partial charge in [-0.05, 0) is 43.0 Å². The number of aromatic hydroxyl groups is 1. The Hall–Kier alpha value is -2.92. The molecule has 0 unspecified atom stereocenters. The van der Waals surface area contributed by atoms with E-state index in [9.17, 15) is 31.5 Å². The number of nitrogens with one attached hydrogen (secondary N) is 1. The number of carbonyl (C=O) groups is 1. The highest BCUT2D eigenvalue weighted by atomic mass is 32.2. The third-order valence-electron chi connectivity index (χ3n) is 6.00. The first kappa shape index (κ1) is 23.2. The molecule has 2 heterocycles.